The molecule has 0 saturated heterocycles. The molecule has 5 rings (SSSR count). The van der Waals surface area contributed by atoms with Gasteiger partial charge in [0.25, 0.3) is 0 Å². The molecule has 2 unspecified atom stereocenters. The van der Waals surface area contributed by atoms with Crippen molar-refractivity contribution in [2.75, 3.05) is 20.8 Å². The first kappa shape index (κ1) is 22.1. The Bertz CT molecular complexity index is 1160. The molecule has 0 radical (unpaired) electrons. The van der Waals surface area contributed by atoms with E-state index in [9.17, 15) is 0 Å². The summed E-state index contributed by atoms with van der Waals surface area (Å²) in [6.45, 7) is 2.89. The predicted octanol–water partition coefficient (Wildman–Crippen LogP) is 6.13. The first-order valence-electron chi connectivity index (χ1n) is 11.8. The summed E-state index contributed by atoms with van der Waals surface area (Å²) in [4.78, 5) is 0. The lowest BCUT2D eigenvalue weighted by molar-refractivity contribution is -0.0191. The van der Waals surface area contributed by atoms with Crippen molar-refractivity contribution in [3.05, 3.63) is 83.4 Å². The lowest BCUT2D eigenvalue weighted by Crippen LogP contribution is -2.33. The number of methoxy groups -OCH3 is 2. The van der Waals surface area contributed by atoms with Gasteiger partial charge in [-0.3, -0.25) is 0 Å². The maximum absolute atomic E-state index is 6.49. The Hall–Kier alpha value is -3.67. The molecule has 6 nitrogen and oxygen atoms in total. The topological polar surface area (TPSA) is 52.5 Å². The molecule has 0 fully saturated rings. The quantitative estimate of drug-likeness (QED) is 0.380. The third kappa shape index (κ3) is 4.28. The summed E-state index contributed by atoms with van der Waals surface area (Å²) in [5.41, 5.74) is 4.23. The van der Waals surface area contributed by atoms with Crippen molar-refractivity contribution in [3.63, 3.8) is 0 Å². The molecule has 0 aromatic heterocycles. The molecule has 0 bridgehead atoms. The molecule has 2 heterocycles. The first-order chi connectivity index (χ1) is 16.7. The van der Waals surface area contributed by atoms with Gasteiger partial charge in [0.1, 0.15) is 23.0 Å². The molecule has 0 aliphatic carbocycles. The van der Waals surface area contributed by atoms with Crippen molar-refractivity contribution < 1.29 is 18.9 Å². The monoisotopic (exact) mass is 458 g/mol. The van der Waals surface area contributed by atoms with Crippen LogP contribution >= 0.6 is 0 Å². The van der Waals surface area contributed by atoms with Crippen molar-refractivity contribution >= 4 is 5.71 Å². The van der Waals surface area contributed by atoms with Crippen LogP contribution in [0.1, 0.15) is 55.1 Å². The molecular weight excluding hydrogens is 428 g/mol. The summed E-state index contributed by atoms with van der Waals surface area (Å²) in [6, 6.07) is 22.3. The van der Waals surface area contributed by atoms with Gasteiger partial charge in [0.15, 0.2) is 0 Å². The van der Waals surface area contributed by atoms with Gasteiger partial charge in [0, 0.05) is 17.5 Å². The van der Waals surface area contributed by atoms with Gasteiger partial charge in [0.05, 0.1) is 32.6 Å². The van der Waals surface area contributed by atoms with E-state index < -0.39 is 0 Å². The molecule has 3 aromatic rings. The van der Waals surface area contributed by atoms with E-state index in [1.54, 1.807) is 14.2 Å². The van der Waals surface area contributed by atoms with Gasteiger partial charge in [0.2, 0.25) is 6.23 Å². The fraction of sp³-hybridized carbons (Fsp3) is 0.321. The van der Waals surface area contributed by atoms with Crippen molar-refractivity contribution in [2.24, 2.45) is 5.10 Å². The Morgan fingerprint density at radius 3 is 2.32 bits per heavy atom. The Balaban J connectivity index is 1.48. The number of hydrogen-bond donors (Lipinski definition) is 0. The van der Waals surface area contributed by atoms with Crippen molar-refractivity contribution in [3.8, 4) is 23.0 Å². The molecule has 6 heteroatoms. The molecule has 0 saturated carbocycles. The fourth-order valence-electron chi connectivity index (χ4n) is 4.43. The van der Waals surface area contributed by atoms with Gasteiger partial charge in [-0.15, -0.1) is 0 Å². The zero-order chi connectivity index (χ0) is 23.5. The highest BCUT2D eigenvalue weighted by Gasteiger charge is 2.41. The highest BCUT2D eigenvalue weighted by atomic mass is 16.5. The third-order valence-electron chi connectivity index (χ3n) is 6.35. The Labute approximate surface area is 200 Å². The minimum absolute atomic E-state index is 0.0569. The zero-order valence-corrected chi connectivity index (χ0v) is 19.9. The molecular formula is C28H30N2O4. The van der Waals surface area contributed by atoms with Crippen LogP contribution in [0.25, 0.3) is 0 Å². The summed E-state index contributed by atoms with van der Waals surface area (Å²) in [5, 5.41) is 7.12. The zero-order valence-electron chi connectivity index (χ0n) is 19.9. The SMILES string of the molecule is CCCCOc1ccc(C2Oc3ccc(OC)cc3C3CC(c4ccc(OC)cc4)=NN32)cc1. The van der Waals surface area contributed by atoms with Gasteiger partial charge in [-0.2, -0.15) is 5.10 Å². The molecule has 2 aliphatic heterocycles. The molecule has 2 aliphatic rings. The third-order valence-corrected chi connectivity index (χ3v) is 6.35. The van der Waals surface area contributed by atoms with Crippen molar-refractivity contribution in [1.82, 2.24) is 5.01 Å². The van der Waals surface area contributed by atoms with Crippen molar-refractivity contribution in [2.45, 2.75) is 38.5 Å². The predicted molar refractivity (Wildman–Crippen MR) is 132 cm³/mol. The van der Waals surface area contributed by atoms with Crippen LogP contribution in [0, 0.1) is 0 Å². The second kappa shape index (κ2) is 9.67. The molecule has 176 valence electrons. The molecule has 0 spiro atoms. The summed E-state index contributed by atoms with van der Waals surface area (Å²) >= 11 is 0. The standard InChI is InChI=1S/C28H30N2O4/c1-4-5-16-33-22-12-8-20(9-13-22)28-30-26(24-17-23(32-3)14-15-27(24)34-28)18-25(29-30)19-6-10-21(31-2)11-7-19/h6-15,17,26,28H,4-5,16,18H2,1-3H3. The number of benzene rings is 3. The summed E-state index contributed by atoms with van der Waals surface area (Å²) in [6.07, 6.45) is 2.62. The summed E-state index contributed by atoms with van der Waals surface area (Å²) in [7, 11) is 3.36. The van der Waals surface area contributed by atoms with E-state index in [2.05, 4.69) is 42.3 Å². The van der Waals surface area contributed by atoms with Crippen LogP contribution in [-0.2, 0) is 0 Å². The number of fused-ring (bicyclic) bond motifs is 3. The normalized spacial score (nSPS) is 18.4. The summed E-state index contributed by atoms with van der Waals surface area (Å²) in [5.74, 6) is 3.38. The highest BCUT2D eigenvalue weighted by molar-refractivity contribution is 6.02. The Kier molecular flexibility index (Phi) is 6.30. The van der Waals surface area contributed by atoms with Gasteiger partial charge in [-0.05, 0) is 78.7 Å². The van der Waals surface area contributed by atoms with E-state index in [4.69, 9.17) is 24.0 Å². The van der Waals surface area contributed by atoms with Gasteiger partial charge >= 0.3 is 0 Å². The molecule has 0 N–H and O–H groups in total. The van der Waals surface area contributed by atoms with Crippen LogP contribution in [0.15, 0.2) is 71.8 Å². The van der Waals surface area contributed by atoms with E-state index >= 15 is 0 Å². The molecule has 0 amide bonds. The number of hydrazone groups is 1. The first-order valence-corrected chi connectivity index (χ1v) is 11.8. The molecule has 3 aromatic carbocycles. The van der Waals surface area contributed by atoms with E-state index in [-0.39, 0.29) is 12.3 Å². The number of unbranched alkanes of at least 4 members (excludes halogenated alkanes) is 1. The minimum Gasteiger partial charge on any atom is -0.497 e. The van der Waals surface area contributed by atoms with Crippen LogP contribution < -0.4 is 18.9 Å². The number of rotatable bonds is 8. The maximum atomic E-state index is 6.49. The van der Waals surface area contributed by atoms with Crippen LogP contribution in [0.2, 0.25) is 0 Å². The number of nitrogens with zero attached hydrogens (tertiary/aromatic N) is 2. The minimum atomic E-state index is -0.327. The second-order valence-corrected chi connectivity index (χ2v) is 8.52. The Morgan fingerprint density at radius 2 is 1.62 bits per heavy atom. The average Bonchev–Trinajstić information content (AvgIpc) is 3.34. The largest absolute Gasteiger partial charge is 0.497 e. The number of hydrogen-bond acceptors (Lipinski definition) is 6. The van der Waals surface area contributed by atoms with Gasteiger partial charge in [-0.1, -0.05) is 13.3 Å². The van der Waals surface area contributed by atoms with Crippen LogP contribution in [0.3, 0.4) is 0 Å². The van der Waals surface area contributed by atoms with Gasteiger partial charge < -0.3 is 18.9 Å². The van der Waals surface area contributed by atoms with Crippen molar-refractivity contribution in [1.29, 1.82) is 0 Å². The maximum Gasteiger partial charge on any atom is 0.213 e. The molecule has 34 heavy (non-hydrogen) atoms. The van der Waals surface area contributed by atoms with E-state index in [1.807, 2.05) is 36.4 Å². The lowest BCUT2D eigenvalue weighted by Gasteiger charge is -2.38. The second-order valence-electron chi connectivity index (χ2n) is 8.52. The molecule has 2 atom stereocenters. The smallest absolute Gasteiger partial charge is 0.213 e. The van der Waals surface area contributed by atoms with Crippen LogP contribution in [-0.4, -0.2) is 31.5 Å². The highest BCUT2D eigenvalue weighted by Crippen LogP contribution is 2.48. The Morgan fingerprint density at radius 1 is 0.912 bits per heavy atom. The fourth-order valence-corrected chi connectivity index (χ4v) is 4.43. The van der Waals surface area contributed by atoms with Crippen LogP contribution in [0.4, 0.5) is 0 Å². The average molecular weight is 459 g/mol. The lowest BCUT2D eigenvalue weighted by atomic mass is 9.95. The number of ether oxygens (including phenoxy) is 4. The van der Waals surface area contributed by atoms with E-state index in [1.165, 1.54) is 0 Å². The van der Waals surface area contributed by atoms with Gasteiger partial charge in [-0.25, -0.2) is 5.01 Å². The summed E-state index contributed by atoms with van der Waals surface area (Å²) < 4.78 is 23.1. The van der Waals surface area contributed by atoms with E-state index in [0.29, 0.717) is 0 Å². The van der Waals surface area contributed by atoms with Crippen LogP contribution in [0.5, 0.6) is 23.0 Å². The van der Waals surface area contributed by atoms with E-state index in [0.717, 1.165) is 71.3 Å².